The number of nitrogens with zero attached hydrogens (tertiary/aromatic N) is 5. The Bertz CT molecular complexity index is 2470. The Morgan fingerprint density at radius 2 is 1.03 bits per heavy atom. The van der Waals surface area contributed by atoms with E-state index in [1.807, 2.05) is 0 Å². The summed E-state index contributed by atoms with van der Waals surface area (Å²) in [5.41, 5.74) is 2.93. The van der Waals surface area contributed by atoms with E-state index in [2.05, 4.69) is 15.3 Å². The van der Waals surface area contributed by atoms with E-state index >= 15 is 0 Å². The highest BCUT2D eigenvalue weighted by Gasteiger charge is 2.33. The Morgan fingerprint density at radius 3 is 1.37 bits per heavy atom. The molecule has 1 atom stereocenters. The van der Waals surface area contributed by atoms with Gasteiger partial charge in [-0.1, -0.05) is 48.5 Å². The Hall–Kier alpha value is -5.86. The molecule has 1 saturated heterocycles. The van der Waals surface area contributed by atoms with E-state index in [9.17, 15) is 25.6 Å². The van der Waals surface area contributed by atoms with Crippen molar-refractivity contribution >= 4 is 20.0 Å². The summed E-state index contributed by atoms with van der Waals surface area (Å²) in [6, 6.07) is 28.1. The molecule has 0 aliphatic carbocycles. The summed E-state index contributed by atoms with van der Waals surface area (Å²) < 4.78 is 112. The fourth-order valence-corrected chi connectivity index (χ4v) is 9.23. The minimum absolute atomic E-state index is 0.0323. The lowest BCUT2D eigenvalue weighted by molar-refractivity contribution is -0.0402. The summed E-state index contributed by atoms with van der Waals surface area (Å²) in [6.45, 7) is 0.706. The third kappa shape index (κ3) is 11.3. The van der Waals surface area contributed by atoms with Gasteiger partial charge in [-0.15, -0.1) is 0 Å². The quantitative estimate of drug-likeness (QED) is 0.0994. The molecule has 3 heterocycles. The number of methoxy groups -OCH3 is 4. The Labute approximate surface area is 359 Å². The lowest BCUT2D eigenvalue weighted by atomic mass is 10.2. The monoisotopic (exact) mass is 894 g/mol. The summed E-state index contributed by atoms with van der Waals surface area (Å²) in [5, 5.41) is 8.67. The second-order valence-electron chi connectivity index (χ2n) is 14.1. The van der Waals surface area contributed by atoms with E-state index in [1.165, 1.54) is 13.3 Å². The van der Waals surface area contributed by atoms with Gasteiger partial charge >= 0.3 is 0 Å². The third-order valence-corrected chi connectivity index (χ3v) is 13.4. The standard InChI is InChI=1S/C24H28FN3O5S.C19H20FN3O4S/c1-31-20-10-6-18(7-11-20)15-27(16-19-8-12-21(32-2)13-9-19)34(29,30)24-22(25)17-28(26-24)23-5-3-4-14-33-23;1-26-16-7-3-14(4-8-16)12-23(13-15-5-9-17(27-2)10-6-15)28(24,25)19-18(20)11-21-22-19/h6-13,17,23H,3-5,14-16H2,1-2H3;3-11H,12-13H2,1-2H3,(H,21,22). The fourth-order valence-electron chi connectivity index (χ4n) is 6.49. The largest absolute Gasteiger partial charge is 0.497 e. The number of aromatic nitrogens is 4. The first kappa shape index (κ1) is 45.7. The summed E-state index contributed by atoms with van der Waals surface area (Å²) in [5.74, 6) is 0.815. The number of H-pyrrole nitrogens is 1. The summed E-state index contributed by atoms with van der Waals surface area (Å²) in [7, 11) is -2.18. The van der Waals surface area contributed by atoms with E-state index in [1.54, 1.807) is 126 Å². The zero-order valence-electron chi connectivity index (χ0n) is 34.6. The second kappa shape index (κ2) is 20.8. The van der Waals surface area contributed by atoms with Gasteiger partial charge < -0.3 is 23.7 Å². The first-order valence-electron chi connectivity index (χ1n) is 19.4. The van der Waals surface area contributed by atoms with Crippen molar-refractivity contribution in [2.45, 2.75) is 61.7 Å². The number of sulfonamides is 2. The number of hydrogen-bond donors (Lipinski definition) is 1. The predicted octanol–water partition coefficient (Wildman–Crippen LogP) is 7.09. The molecule has 1 unspecified atom stereocenters. The van der Waals surface area contributed by atoms with Crippen LogP contribution in [0.1, 0.15) is 47.7 Å². The molecule has 0 radical (unpaired) electrons. The van der Waals surface area contributed by atoms with Crippen LogP contribution in [-0.4, -0.2) is 80.5 Å². The molecule has 4 aromatic carbocycles. The molecule has 2 aromatic heterocycles. The lowest BCUT2D eigenvalue weighted by Gasteiger charge is -2.23. The van der Waals surface area contributed by atoms with E-state index < -0.39 is 48.0 Å². The highest BCUT2D eigenvalue weighted by atomic mass is 32.2. The van der Waals surface area contributed by atoms with Crippen LogP contribution in [0.25, 0.3) is 0 Å². The van der Waals surface area contributed by atoms with Crippen LogP contribution in [0, 0.1) is 11.6 Å². The molecule has 0 saturated carbocycles. The Kier molecular flexibility index (Phi) is 15.3. The molecule has 0 amide bonds. The van der Waals surface area contributed by atoms with Crippen LogP contribution >= 0.6 is 0 Å². The molecule has 6 aromatic rings. The van der Waals surface area contributed by atoms with Gasteiger partial charge in [0, 0.05) is 32.8 Å². The van der Waals surface area contributed by atoms with Crippen LogP contribution in [0.4, 0.5) is 8.78 Å². The number of hydrogen-bond acceptors (Lipinski definition) is 11. The normalized spacial score (nSPS) is 14.3. The summed E-state index contributed by atoms with van der Waals surface area (Å²) in [6.07, 6.45) is 3.96. The molecule has 0 bridgehead atoms. The van der Waals surface area contributed by atoms with E-state index in [4.69, 9.17) is 23.7 Å². The second-order valence-corrected chi connectivity index (χ2v) is 17.8. The molecule has 19 heteroatoms. The Morgan fingerprint density at radius 1 is 0.629 bits per heavy atom. The molecule has 7 rings (SSSR count). The van der Waals surface area contributed by atoms with Gasteiger partial charge in [0.2, 0.25) is 10.1 Å². The number of halogens is 2. The van der Waals surface area contributed by atoms with Crippen molar-refractivity contribution in [2.24, 2.45) is 0 Å². The number of ether oxygens (including phenoxy) is 5. The van der Waals surface area contributed by atoms with E-state index in [0.29, 0.717) is 36.0 Å². The summed E-state index contributed by atoms with van der Waals surface area (Å²) >= 11 is 0. The number of rotatable bonds is 17. The minimum atomic E-state index is -4.27. The van der Waals surface area contributed by atoms with Crippen LogP contribution in [-0.2, 0) is 51.0 Å². The van der Waals surface area contributed by atoms with Gasteiger partial charge in [0.05, 0.1) is 40.8 Å². The highest BCUT2D eigenvalue weighted by Crippen LogP contribution is 2.28. The molecule has 15 nitrogen and oxygen atoms in total. The molecule has 330 valence electrons. The van der Waals surface area contributed by atoms with Crippen LogP contribution < -0.4 is 18.9 Å². The highest BCUT2D eigenvalue weighted by molar-refractivity contribution is 7.89. The molecule has 1 fully saturated rings. The van der Waals surface area contributed by atoms with Crippen molar-refractivity contribution < 1.29 is 49.3 Å². The van der Waals surface area contributed by atoms with Crippen molar-refractivity contribution in [3.63, 3.8) is 0 Å². The first-order valence-corrected chi connectivity index (χ1v) is 22.3. The van der Waals surface area contributed by atoms with Gasteiger partial charge in [-0.3, -0.25) is 5.10 Å². The lowest BCUT2D eigenvalue weighted by Crippen LogP contribution is -2.31. The van der Waals surface area contributed by atoms with Crippen molar-refractivity contribution in [3.8, 4) is 23.0 Å². The van der Waals surface area contributed by atoms with E-state index in [0.717, 1.165) is 47.5 Å². The molecule has 1 N–H and O–H groups in total. The maximum atomic E-state index is 14.9. The third-order valence-electron chi connectivity index (χ3n) is 9.92. The smallest absolute Gasteiger partial charge is 0.266 e. The molecule has 1 aliphatic heterocycles. The maximum absolute atomic E-state index is 14.9. The van der Waals surface area contributed by atoms with Gasteiger partial charge in [0.1, 0.15) is 29.2 Å². The van der Waals surface area contributed by atoms with Gasteiger partial charge in [0.25, 0.3) is 20.0 Å². The van der Waals surface area contributed by atoms with Gasteiger partial charge in [0.15, 0.2) is 11.6 Å². The van der Waals surface area contributed by atoms with Crippen molar-refractivity contribution in [2.75, 3.05) is 35.0 Å². The predicted molar refractivity (Wildman–Crippen MR) is 224 cm³/mol. The van der Waals surface area contributed by atoms with Gasteiger partial charge in [-0.05, 0) is 90.0 Å². The maximum Gasteiger partial charge on any atom is 0.266 e. The fraction of sp³-hybridized carbons (Fsp3) is 0.302. The average Bonchev–Trinajstić information content (AvgIpc) is 3.93. The van der Waals surface area contributed by atoms with Crippen LogP contribution in [0.15, 0.2) is 120 Å². The van der Waals surface area contributed by atoms with Gasteiger partial charge in [-0.25, -0.2) is 30.3 Å². The van der Waals surface area contributed by atoms with Crippen molar-refractivity contribution in [1.82, 2.24) is 28.6 Å². The number of benzene rings is 4. The van der Waals surface area contributed by atoms with Gasteiger partial charge in [-0.2, -0.15) is 18.8 Å². The zero-order chi connectivity index (χ0) is 44.3. The summed E-state index contributed by atoms with van der Waals surface area (Å²) in [4.78, 5) is 0. The van der Waals surface area contributed by atoms with Crippen molar-refractivity contribution in [1.29, 1.82) is 0 Å². The molecule has 0 spiro atoms. The zero-order valence-corrected chi connectivity index (χ0v) is 36.2. The van der Waals surface area contributed by atoms with Crippen molar-refractivity contribution in [3.05, 3.63) is 143 Å². The number of aromatic amines is 1. The molecular weight excluding hydrogens is 847 g/mol. The topological polar surface area (TPSA) is 167 Å². The average molecular weight is 895 g/mol. The van der Waals surface area contributed by atoms with Crippen LogP contribution in [0.5, 0.6) is 23.0 Å². The number of nitrogens with one attached hydrogen (secondary N) is 1. The molecule has 62 heavy (non-hydrogen) atoms. The van der Waals surface area contributed by atoms with Crippen LogP contribution in [0.2, 0.25) is 0 Å². The molecule has 1 aliphatic rings. The Balaban J connectivity index is 0.000000211. The first-order chi connectivity index (χ1) is 29.8. The minimum Gasteiger partial charge on any atom is -0.497 e. The van der Waals surface area contributed by atoms with Crippen LogP contribution in [0.3, 0.4) is 0 Å². The SMILES string of the molecule is COc1ccc(CN(Cc2ccc(OC)cc2)S(=O)(=O)c2[nH]ncc2F)cc1.COc1ccc(CN(Cc2ccc(OC)cc2)S(=O)(=O)c2nn(C3CCCCO3)cc2F)cc1. The molecular formula is C43H48F2N6O9S2. The van der Waals surface area contributed by atoms with E-state index in [-0.39, 0.29) is 26.2 Å².